The van der Waals surface area contributed by atoms with E-state index in [0.29, 0.717) is 17.2 Å². The Morgan fingerprint density at radius 3 is 2.45 bits per heavy atom. The molecule has 0 heterocycles. The molecule has 2 aromatic rings. The number of rotatable bonds is 5. The summed E-state index contributed by atoms with van der Waals surface area (Å²) in [5, 5.41) is 2.58. The maximum atomic E-state index is 11.8. The normalized spacial score (nSPS) is 9.68. The van der Waals surface area contributed by atoms with Gasteiger partial charge in [-0.2, -0.15) is 0 Å². The molecule has 0 atom stereocenters. The van der Waals surface area contributed by atoms with Gasteiger partial charge in [-0.05, 0) is 24.3 Å². The predicted octanol–water partition coefficient (Wildman–Crippen LogP) is 2.85. The monoisotopic (exact) mass is 301 g/mol. The molecule has 0 bridgehead atoms. The molecule has 1 N–H and O–H groups in total. The molecule has 2 aromatic carbocycles. The van der Waals surface area contributed by atoms with Crippen molar-refractivity contribution in [2.75, 3.05) is 19.0 Å². The number of hydrogen-bond donors (Lipinski definition) is 1. The molecule has 0 aromatic heterocycles. The molecule has 0 aliphatic heterocycles. The average molecular weight is 301 g/mol. The number of carbonyl (C=O) groups is 2. The molecule has 0 saturated carbocycles. The van der Waals surface area contributed by atoms with Crippen molar-refractivity contribution in [3.8, 4) is 11.5 Å². The molecule has 0 spiro atoms. The summed E-state index contributed by atoms with van der Waals surface area (Å²) in [4.78, 5) is 22.8. The summed E-state index contributed by atoms with van der Waals surface area (Å²) < 4.78 is 14.8. The lowest BCUT2D eigenvalue weighted by Crippen LogP contribution is -2.17. The van der Waals surface area contributed by atoms with E-state index in [-0.39, 0.29) is 6.61 Å². The third kappa shape index (κ3) is 4.82. The molecule has 6 nitrogen and oxygen atoms in total. The summed E-state index contributed by atoms with van der Waals surface area (Å²) in [6, 6.07) is 15.3. The lowest BCUT2D eigenvalue weighted by atomic mass is 10.3. The van der Waals surface area contributed by atoms with Crippen LogP contribution >= 0.6 is 0 Å². The molecule has 114 valence electrons. The number of para-hydroxylation sites is 1. The number of anilines is 1. The van der Waals surface area contributed by atoms with Crippen LogP contribution in [0.15, 0.2) is 54.6 Å². The van der Waals surface area contributed by atoms with Crippen LogP contribution in [0.5, 0.6) is 11.5 Å². The van der Waals surface area contributed by atoms with Crippen molar-refractivity contribution in [1.29, 1.82) is 0 Å². The molecule has 0 aliphatic rings. The van der Waals surface area contributed by atoms with E-state index in [0.717, 1.165) is 0 Å². The van der Waals surface area contributed by atoms with E-state index >= 15 is 0 Å². The standard InChI is InChI=1S/C16H15NO5/c1-20-15(18)11-21-14-9-5-6-12(10-14)17-16(19)22-13-7-3-2-4-8-13/h2-10H,11H2,1H3,(H,17,19). The van der Waals surface area contributed by atoms with Crippen molar-refractivity contribution in [3.05, 3.63) is 54.6 Å². The Labute approximate surface area is 127 Å². The van der Waals surface area contributed by atoms with Crippen LogP contribution in [-0.4, -0.2) is 25.8 Å². The van der Waals surface area contributed by atoms with E-state index in [1.807, 2.05) is 6.07 Å². The number of benzene rings is 2. The van der Waals surface area contributed by atoms with Crippen molar-refractivity contribution in [1.82, 2.24) is 0 Å². The van der Waals surface area contributed by atoms with Gasteiger partial charge in [-0.25, -0.2) is 9.59 Å². The van der Waals surface area contributed by atoms with Gasteiger partial charge in [-0.15, -0.1) is 0 Å². The molecule has 22 heavy (non-hydrogen) atoms. The average Bonchev–Trinajstić information content (AvgIpc) is 2.53. The summed E-state index contributed by atoms with van der Waals surface area (Å²) in [6.07, 6.45) is -0.615. The van der Waals surface area contributed by atoms with Crippen LogP contribution in [0.25, 0.3) is 0 Å². The number of carbonyl (C=O) groups excluding carboxylic acids is 2. The van der Waals surface area contributed by atoms with Crippen molar-refractivity contribution >= 4 is 17.7 Å². The lowest BCUT2D eigenvalue weighted by molar-refractivity contribution is -0.142. The topological polar surface area (TPSA) is 73.9 Å². The first-order chi connectivity index (χ1) is 10.7. The third-order valence-electron chi connectivity index (χ3n) is 2.62. The fraction of sp³-hybridized carbons (Fsp3) is 0.125. The zero-order valence-corrected chi connectivity index (χ0v) is 11.9. The van der Waals surface area contributed by atoms with Gasteiger partial charge in [-0.3, -0.25) is 5.32 Å². The molecule has 0 unspecified atom stereocenters. The summed E-state index contributed by atoms with van der Waals surface area (Å²) in [5.41, 5.74) is 0.489. The molecule has 2 rings (SSSR count). The van der Waals surface area contributed by atoms with Crippen LogP contribution < -0.4 is 14.8 Å². The molecule has 0 aliphatic carbocycles. The quantitative estimate of drug-likeness (QED) is 0.860. The van der Waals surface area contributed by atoms with Gasteiger partial charge in [0.1, 0.15) is 11.5 Å². The second-order valence-corrected chi connectivity index (χ2v) is 4.22. The van der Waals surface area contributed by atoms with Gasteiger partial charge in [0.05, 0.1) is 7.11 Å². The molecular formula is C16H15NO5. The van der Waals surface area contributed by atoms with Gasteiger partial charge in [0.15, 0.2) is 6.61 Å². The van der Waals surface area contributed by atoms with Crippen molar-refractivity contribution < 1.29 is 23.8 Å². The van der Waals surface area contributed by atoms with Crippen LogP contribution in [0, 0.1) is 0 Å². The van der Waals surface area contributed by atoms with E-state index in [2.05, 4.69) is 10.1 Å². The van der Waals surface area contributed by atoms with Crippen LogP contribution in [-0.2, 0) is 9.53 Å². The van der Waals surface area contributed by atoms with Gasteiger partial charge >= 0.3 is 12.1 Å². The minimum atomic E-state index is -0.615. The van der Waals surface area contributed by atoms with E-state index in [1.165, 1.54) is 7.11 Å². The Morgan fingerprint density at radius 2 is 1.73 bits per heavy atom. The van der Waals surface area contributed by atoms with Crippen LogP contribution in [0.4, 0.5) is 10.5 Å². The Hall–Kier alpha value is -3.02. The molecule has 1 amide bonds. The Bertz CT molecular complexity index is 642. The van der Waals surface area contributed by atoms with Crippen molar-refractivity contribution in [2.24, 2.45) is 0 Å². The van der Waals surface area contributed by atoms with E-state index in [4.69, 9.17) is 9.47 Å². The Balaban J connectivity index is 1.92. The molecule has 6 heteroatoms. The number of methoxy groups -OCH3 is 1. The number of hydrogen-bond acceptors (Lipinski definition) is 5. The van der Waals surface area contributed by atoms with Crippen LogP contribution in [0.3, 0.4) is 0 Å². The summed E-state index contributed by atoms with van der Waals surface area (Å²) in [6.45, 7) is -0.200. The second kappa shape index (κ2) is 7.68. The Morgan fingerprint density at radius 1 is 1.00 bits per heavy atom. The van der Waals surface area contributed by atoms with Gasteiger partial charge in [0.25, 0.3) is 0 Å². The largest absolute Gasteiger partial charge is 0.482 e. The highest BCUT2D eigenvalue weighted by Gasteiger charge is 2.06. The highest BCUT2D eigenvalue weighted by atomic mass is 16.6. The van der Waals surface area contributed by atoms with Gasteiger partial charge in [0, 0.05) is 11.8 Å². The van der Waals surface area contributed by atoms with Crippen LogP contribution in [0.2, 0.25) is 0 Å². The van der Waals surface area contributed by atoms with E-state index in [9.17, 15) is 9.59 Å². The SMILES string of the molecule is COC(=O)COc1cccc(NC(=O)Oc2ccccc2)c1. The van der Waals surface area contributed by atoms with Gasteiger partial charge in [-0.1, -0.05) is 24.3 Å². The summed E-state index contributed by atoms with van der Waals surface area (Å²) >= 11 is 0. The molecule has 0 saturated heterocycles. The number of amides is 1. The zero-order valence-electron chi connectivity index (χ0n) is 11.9. The third-order valence-corrected chi connectivity index (χ3v) is 2.62. The fourth-order valence-electron chi connectivity index (χ4n) is 1.60. The van der Waals surface area contributed by atoms with Gasteiger partial charge < -0.3 is 14.2 Å². The molecule has 0 fully saturated rings. The van der Waals surface area contributed by atoms with Gasteiger partial charge in [0.2, 0.25) is 0 Å². The maximum Gasteiger partial charge on any atom is 0.417 e. The van der Waals surface area contributed by atoms with Crippen molar-refractivity contribution in [3.63, 3.8) is 0 Å². The maximum absolute atomic E-state index is 11.8. The first-order valence-electron chi connectivity index (χ1n) is 6.51. The first kappa shape index (κ1) is 15.4. The van der Waals surface area contributed by atoms with E-state index < -0.39 is 12.1 Å². The second-order valence-electron chi connectivity index (χ2n) is 4.22. The van der Waals surface area contributed by atoms with Crippen LogP contribution in [0.1, 0.15) is 0 Å². The number of esters is 1. The van der Waals surface area contributed by atoms with Crippen molar-refractivity contribution in [2.45, 2.75) is 0 Å². The fourth-order valence-corrected chi connectivity index (χ4v) is 1.60. The minimum Gasteiger partial charge on any atom is -0.482 e. The minimum absolute atomic E-state index is 0.200. The molecule has 0 radical (unpaired) electrons. The zero-order chi connectivity index (χ0) is 15.8. The van der Waals surface area contributed by atoms with E-state index in [1.54, 1.807) is 48.5 Å². The first-order valence-corrected chi connectivity index (χ1v) is 6.51. The number of nitrogens with one attached hydrogen (secondary N) is 1. The Kier molecular flexibility index (Phi) is 5.37. The molecular weight excluding hydrogens is 286 g/mol. The highest BCUT2D eigenvalue weighted by Crippen LogP contribution is 2.18. The smallest absolute Gasteiger partial charge is 0.417 e. The summed E-state index contributed by atoms with van der Waals surface area (Å²) in [5.74, 6) is 0.392. The number of ether oxygens (including phenoxy) is 3. The lowest BCUT2D eigenvalue weighted by Gasteiger charge is -2.09. The predicted molar refractivity (Wildman–Crippen MR) is 80.0 cm³/mol. The highest BCUT2D eigenvalue weighted by molar-refractivity contribution is 5.86. The summed E-state index contributed by atoms with van der Waals surface area (Å²) in [7, 11) is 1.28.